The maximum Gasteiger partial charge on any atom is 0.223 e. The number of para-hydroxylation sites is 1. The van der Waals surface area contributed by atoms with Gasteiger partial charge in [-0.2, -0.15) is 0 Å². The van der Waals surface area contributed by atoms with Crippen LogP contribution in [0, 0.1) is 0 Å². The first-order valence-electron chi connectivity index (χ1n) is 9.95. The lowest BCUT2D eigenvalue weighted by Crippen LogP contribution is -2.31. The molecule has 0 spiro atoms. The molecule has 5 rings (SSSR count). The molecule has 0 radical (unpaired) electrons. The number of amides is 1. The molecule has 142 valence electrons. The second-order valence-electron chi connectivity index (χ2n) is 7.45. The number of pyridine rings is 1. The molecule has 4 aromatic rings. The van der Waals surface area contributed by atoms with Gasteiger partial charge >= 0.3 is 0 Å². The molecule has 3 aromatic heterocycles. The van der Waals surface area contributed by atoms with Gasteiger partial charge in [0.1, 0.15) is 0 Å². The Balaban J connectivity index is 1.27. The zero-order valence-corrected chi connectivity index (χ0v) is 15.7. The van der Waals surface area contributed by atoms with Crippen molar-refractivity contribution in [1.82, 2.24) is 24.5 Å². The van der Waals surface area contributed by atoms with Crippen molar-refractivity contribution in [2.45, 2.75) is 38.1 Å². The Morgan fingerprint density at radius 2 is 2.04 bits per heavy atom. The number of fused-ring (bicyclic) bond motifs is 2. The zero-order valence-electron chi connectivity index (χ0n) is 15.7. The average Bonchev–Trinajstić information content (AvgIpc) is 3.45. The van der Waals surface area contributed by atoms with Gasteiger partial charge in [-0.25, -0.2) is 0 Å². The summed E-state index contributed by atoms with van der Waals surface area (Å²) in [7, 11) is 0. The normalized spacial score (nSPS) is 17.0. The van der Waals surface area contributed by atoms with Gasteiger partial charge in [0.15, 0.2) is 11.5 Å². The standard InChI is InChI=1S/C22H23N5O/c28-21(12-5-7-16-15-23-18-9-2-1-8-17(16)18)26-14-6-10-19(26)22-25-24-20-11-3-4-13-27(20)22/h1-4,8-9,11,13,15,19,23H,5-7,10,12,14H2. The first-order chi connectivity index (χ1) is 13.8. The molecule has 1 atom stereocenters. The minimum atomic E-state index is 0.0259. The molecule has 6 heteroatoms. The highest BCUT2D eigenvalue weighted by Crippen LogP contribution is 2.32. The molecule has 28 heavy (non-hydrogen) atoms. The molecular weight excluding hydrogens is 350 g/mol. The number of benzene rings is 1. The summed E-state index contributed by atoms with van der Waals surface area (Å²) in [6.07, 6.45) is 8.32. The number of aryl methyl sites for hydroxylation is 1. The highest BCUT2D eigenvalue weighted by molar-refractivity contribution is 5.83. The molecule has 0 saturated carbocycles. The Morgan fingerprint density at radius 1 is 1.14 bits per heavy atom. The van der Waals surface area contributed by atoms with Crippen LogP contribution in [-0.2, 0) is 11.2 Å². The van der Waals surface area contributed by atoms with Crippen LogP contribution in [-0.4, -0.2) is 36.9 Å². The smallest absolute Gasteiger partial charge is 0.223 e. The summed E-state index contributed by atoms with van der Waals surface area (Å²) in [4.78, 5) is 18.2. The van der Waals surface area contributed by atoms with Crippen molar-refractivity contribution in [3.05, 3.63) is 66.2 Å². The average molecular weight is 373 g/mol. The summed E-state index contributed by atoms with van der Waals surface area (Å²) < 4.78 is 2.00. The Kier molecular flexibility index (Phi) is 4.31. The Morgan fingerprint density at radius 3 is 3.00 bits per heavy atom. The number of aromatic nitrogens is 4. The van der Waals surface area contributed by atoms with Gasteiger partial charge in [-0.3, -0.25) is 9.20 Å². The molecule has 4 heterocycles. The van der Waals surface area contributed by atoms with Crippen LogP contribution in [0.15, 0.2) is 54.9 Å². The number of carbonyl (C=O) groups excluding carboxylic acids is 1. The fraction of sp³-hybridized carbons (Fsp3) is 0.318. The quantitative estimate of drug-likeness (QED) is 0.577. The maximum atomic E-state index is 12.9. The Hall–Kier alpha value is -3.15. The molecule has 1 amide bonds. The summed E-state index contributed by atoms with van der Waals surface area (Å²) >= 11 is 0. The monoisotopic (exact) mass is 373 g/mol. The first-order valence-corrected chi connectivity index (χ1v) is 9.95. The SMILES string of the molecule is O=C(CCCc1c[nH]c2ccccc12)N1CCCC1c1nnc2ccccn12. The largest absolute Gasteiger partial charge is 0.361 e. The number of likely N-dealkylation sites (tertiary alicyclic amines) is 1. The summed E-state index contributed by atoms with van der Waals surface area (Å²) in [5.74, 6) is 1.09. The highest BCUT2D eigenvalue weighted by atomic mass is 16.2. The van der Waals surface area contributed by atoms with Crippen LogP contribution in [0.4, 0.5) is 0 Å². The summed E-state index contributed by atoms with van der Waals surface area (Å²) in [5, 5.41) is 9.89. The van der Waals surface area contributed by atoms with E-state index in [-0.39, 0.29) is 11.9 Å². The predicted molar refractivity (Wildman–Crippen MR) is 108 cm³/mol. The van der Waals surface area contributed by atoms with Crippen molar-refractivity contribution < 1.29 is 4.79 Å². The third kappa shape index (κ3) is 2.95. The van der Waals surface area contributed by atoms with Crippen molar-refractivity contribution in [3.8, 4) is 0 Å². The van der Waals surface area contributed by atoms with Crippen LogP contribution >= 0.6 is 0 Å². The van der Waals surface area contributed by atoms with E-state index in [4.69, 9.17) is 0 Å². The van der Waals surface area contributed by atoms with Crippen LogP contribution in [0.3, 0.4) is 0 Å². The summed E-state index contributed by atoms with van der Waals surface area (Å²) in [6.45, 7) is 0.804. The van der Waals surface area contributed by atoms with Gasteiger partial charge in [-0.1, -0.05) is 24.3 Å². The molecule has 0 bridgehead atoms. The lowest BCUT2D eigenvalue weighted by atomic mass is 10.1. The third-order valence-electron chi connectivity index (χ3n) is 5.72. The number of nitrogens with one attached hydrogen (secondary N) is 1. The van der Waals surface area contributed by atoms with Gasteiger partial charge in [0.2, 0.25) is 5.91 Å². The van der Waals surface area contributed by atoms with Gasteiger partial charge in [0.25, 0.3) is 0 Å². The first kappa shape index (κ1) is 17.0. The number of hydrogen-bond acceptors (Lipinski definition) is 3. The second kappa shape index (κ2) is 7.11. The van der Waals surface area contributed by atoms with Crippen molar-refractivity contribution >= 4 is 22.5 Å². The molecule has 0 aliphatic carbocycles. The number of rotatable bonds is 5. The lowest BCUT2D eigenvalue weighted by molar-refractivity contribution is -0.132. The molecule has 1 aliphatic rings. The number of H-pyrrole nitrogens is 1. The Labute approximate surface area is 163 Å². The van der Waals surface area contributed by atoms with E-state index in [1.54, 1.807) is 0 Å². The van der Waals surface area contributed by atoms with Crippen molar-refractivity contribution in [1.29, 1.82) is 0 Å². The van der Waals surface area contributed by atoms with E-state index in [1.165, 1.54) is 10.9 Å². The minimum Gasteiger partial charge on any atom is -0.361 e. The van der Waals surface area contributed by atoms with Crippen LogP contribution in [0.5, 0.6) is 0 Å². The van der Waals surface area contributed by atoms with E-state index >= 15 is 0 Å². The zero-order chi connectivity index (χ0) is 18.9. The fourth-order valence-corrected chi connectivity index (χ4v) is 4.33. The molecule has 1 unspecified atom stereocenters. The van der Waals surface area contributed by atoms with E-state index in [2.05, 4.69) is 39.6 Å². The molecule has 6 nitrogen and oxygen atoms in total. The minimum absolute atomic E-state index is 0.0259. The van der Waals surface area contributed by atoms with Crippen LogP contribution in [0.1, 0.15) is 43.1 Å². The number of aromatic amines is 1. The number of carbonyl (C=O) groups is 1. The number of hydrogen-bond donors (Lipinski definition) is 1. The lowest BCUT2D eigenvalue weighted by Gasteiger charge is -2.23. The Bertz CT molecular complexity index is 1130. The van der Waals surface area contributed by atoms with Crippen LogP contribution < -0.4 is 0 Å². The molecular formula is C22H23N5O. The molecule has 1 fully saturated rings. The third-order valence-corrected chi connectivity index (χ3v) is 5.72. The van der Waals surface area contributed by atoms with Crippen LogP contribution in [0.25, 0.3) is 16.6 Å². The molecule has 1 aliphatic heterocycles. The molecule has 1 aromatic carbocycles. The van der Waals surface area contributed by atoms with E-state index in [9.17, 15) is 4.79 Å². The maximum absolute atomic E-state index is 12.9. The predicted octanol–water partition coefficient (Wildman–Crippen LogP) is 3.90. The van der Waals surface area contributed by atoms with Gasteiger partial charge in [0, 0.05) is 36.3 Å². The van der Waals surface area contributed by atoms with E-state index in [0.717, 1.165) is 49.2 Å². The van der Waals surface area contributed by atoms with Gasteiger partial charge in [0.05, 0.1) is 6.04 Å². The van der Waals surface area contributed by atoms with E-state index in [0.29, 0.717) is 6.42 Å². The van der Waals surface area contributed by atoms with Gasteiger partial charge < -0.3 is 9.88 Å². The van der Waals surface area contributed by atoms with Crippen LogP contribution in [0.2, 0.25) is 0 Å². The van der Waals surface area contributed by atoms with Crippen molar-refractivity contribution in [2.24, 2.45) is 0 Å². The van der Waals surface area contributed by atoms with E-state index in [1.807, 2.05) is 39.8 Å². The fourth-order valence-electron chi connectivity index (χ4n) is 4.33. The second-order valence-corrected chi connectivity index (χ2v) is 7.45. The summed E-state index contributed by atoms with van der Waals surface area (Å²) in [5.41, 5.74) is 3.27. The van der Waals surface area contributed by atoms with Gasteiger partial charge in [-0.05, 0) is 49.4 Å². The molecule has 1 saturated heterocycles. The number of nitrogens with zero attached hydrogens (tertiary/aromatic N) is 4. The van der Waals surface area contributed by atoms with Crippen molar-refractivity contribution in [3.63, 3.8) is 0 Å². The van der Waals surface area contributed by atoms with Gasteiger partial charge in [-0.15, -0.1) is 10.2 Å². The van der Waals surface area contributed by atoms with Crippen molar-refractivity contribution in [2.75, 3.05) is 6.54 Å². The highest BCUT2D eigenvalue weighted by Gasteiger charge is 2.32. The molecule has 1 N–H and O–H groups in total. The summed E-state index contributed by atoms with van der Waals surface area (Å²) in [6, 6.07) is 14.2. The van der Waals surface area contributed by atoms with E-state index < -0.39 is 0 Å². The topological polar surface area (TPSA) is 66.3 Å².